The molecule has 0 aromatic heterocycles. The van der Waals surface area contributed by atoms with Crippen LogP contribution in [-0.4, -0.2) is 76.9 Å². The average Bonchev–Trinajstić information content (AvgIpc) is 3.15. The van der Waals surface area contributed by atoms with Crippen LogP contribution in [0.3, 0.4) is 0 Å². The summed E-state index contributed by atoms with van der Waals surface area (Å²) in [6.45, 7) is 9.01. The summed E-state index contributed by atoms with van der Waals surface area (Å²) in [5.74, 6) is 0.404. The third kappa shape index (κ3) is 57.0. The van der Waals surface area contributed by atoms with Crippen LogP contribution in [0.5, 0.6) is 0 Å². The van der Waals surface area contributed by atoms with Crippen LogP contribution < -0.4 is 0 Å². The van der Waals surface area contributed by atoms with Gasteiger partial charge in [0.1, 0.15) is 0 Å². The van der Waals surface area contributed by atoms with Crippen LogP contribution in [0.15, 0.2) is 0 Å². The van der Waals surface area contributed by atoms with Gasteiger partial charge in [0.25, 0.3) is 0 Å². The van der Waals surface area contributed by atoms with Gasteiger partial charge in [-0.05, 0) is 37.5 Å². The van der Waals surface area contributed by atoms with Crippen LogP contribution in [0.1, 0.15) is 272 Å². The van der Waals surface area contributed by atoms with Crippen molar-refractivity contribution in [3.63, 3.8) is 0 Å². The molecule has 0 saturated carbocycles. The Bertz CT molecular complexity index is 903. The summed E-state index contributed by atoms with van der Waals surface area (Å²) in [5, 5.41) is 0. The zero-order chi connectivity index (χ0) is 41.9. The van der Waals surface area contributed by atoms with Gasteiger partial charge in [-0.15, -0.1) is 0 Å². The second-order valence-corrected chi connectivity index (χ2v) is 19.0. The maximum absolute atomic E-state index is 10.7. The first-order valence-electron chi connectivity index (χ1n) is 24.2. The molecule has 0 aromatic rings. The van der Waals surface area contributed by atoms with Crippen molar-refractivity contribution in [1.29, 1.82) is 0 Å². The fraction of sp³-hybridized carbons (Fsp3) is 1.00. The van der Waals surface area contributed by atoms with Gasteiger partial charge in [0.15, 0.2) is 0 Å². The van der Waals surface area contributed by atoms with Gasteiger partial charge in [0.2, 0.25) is 20.8 Å². The molecule has 0 fully saturated rings. The largest absolute Gasteiger partial charge is 2.00 e. The predicted molar refractivity (Wildman–Crippen MR) is 242 cm³/mol. The van der Waals surface area contributed by atoms with E-state index in [4.69, 9.17) is 0 Å². The van der Waals surface area contributed by atoms with Crippen LogP contribution in [0.4, 0.5) is 0 Å². The molecule has 0 aliphatic carbocycles. The SMILES string of the molecule is CCCCCCCCCCCCCCCC(CCCCCC)COS(=O)(=O)[O-].CCCCCCCCCCCCCCCC(CCCCCC)COS(=O)(=O)[O-].[Ca+2]. The molecule has 0 bridgehead atoms. The van der Waals surface area contributed by atoms with Crippen LogP contribution in [0.25, 0.3) is 0 Å². The Hall–Kier alpha value is 1.000. The molecular formula is C46H94CaO8S2. The molecule has 0 amide bonds. The zero-order valence-electron chi connectivity index (χ0n) is 38.2. The van der Waals surface area contributed by atoms with E-state index in [1.54, 1.807) is 0 Å². The van der Waals surface area contributed by atoms with Gasteiger partial charge in [-0.25, -0.2) is 16.8 Å². The summed E-state index contributed by atoms with van der Waals surface area (Å²) >= 11 is 0. The Morgan fingerprint density at radius 1 is 0.316 bits per heavy atom. The molecule has 0 spiro atoms. The summed E-state index contributed by atoms with van der Waals surface area (Å²) < 4.78 is 73.4. The normalized spacial score (nSPS) is 12.9. The Morgan fingerprint density at radius 2 is 0.474 bits per heavy atom. The summed E-state index contributed by atoms with van der Waals surface area (Å²) in [6, 6.07) is 0. The second-order valence-electron chi connectivity index (χ2n) is 16.9. The van der Waals surface area contributed by atoms with E-state index in [1.165, 1.54) is 193 Å². The minimum Gasteiger partial charge on any atom is -0.726 e. The predicted octanol–water partition coefficient (Wildman–Crippen LogP) is 14.7. The van der Waals surface area contributed by atoms with Crippen molar-refractivity contribution in [1.82, 2.24) is 0 Å². The van der Waals surface area contributed by atoms with Gasteiger partial charge in [-0.2, -0.15) is 0 Å². The number of rotatable bonds is 44. The van der Waals surface area contributed by atoms with E-state index in [-0.39, 0.29) is 62.8 Å². The van der Waals surface area contributed by atoms with Crippen molar-refractivity contribution in [2.45, 2.75) is 272 Å². The fourth-order valence-corrected chi connectivity index (χ4v) is 8.32. The molecule has 11 heteroatoms. The van der Waals surface area contributed by atoms with Gasteiger partial charge < -0.3 is 9.11 Å². The Labute approximate surface area is 386 Å². The third-order valence-corrected chi connectivity index (χ3v) is 12.1. The van der Waals surface area contributed by atoms with Crippen LogP contribution >= 0.6 is 0 Å². The smallest absolute Gasteiger partial charge is 0.726 e. The van der Waals surface area contributed by atoms with E-state index in [2.05, 4.69) is 36.1 Å². The summed E-state index contributed by atoms with van der Waals surface area (Å²) in [5.41, 5.74) is 0. The summed E-state index contributed by atoms with van der Waals surface area (Å²) in [4.78, 5) is 0. The van der Waals surface area contributed by atoms with E-state index >= 15 is 0 Å². The molecule has 2 atom stereocenters. The quantitative estimate of drug-likeness (QED) is 0.0256. The molecule has 2 unspecified atom stereocenters. The van der Waals surface area contributed by atoms with Gasteiger partial charge >= 0.3 is 37.7 Å². The van der Waals surface area contributed by atoms with Crippen molar-refractivity contribution >= 4 is 58.5 Å². The third-order valence-electron chi connectivity index (χ3n) is 11.3. The van der Waals surface area contributed by atoms with E-state index < -0.39 is 20.8 Å². The standard InChI is InChI=1S/2C23H48O4S.Ca/c2*1-3-5-7-9-10-11-12-13-14-15-16-17-19-21-23(20-18-8-6-4-2)22-27-28(24,25)26;/h2*23H,3-22H2,1-2H3,(H,24,25,26);/q;;+2/p-2. The van der Waals surface area contributed by atoms with E-state index in [0.717, 1.165) is 51.4 Å². The van der Waals surface area contributed by atoms with E-state index in [9.17, 15) is 25.9 Å². The van der Waals surface area contributed by atoms with E-state index in [1.807, 2.05) is 0 Å². The first-order valence-corrected chi connectivity index (χ1v) is 26.9. The van der Waals surface area contributed by atoms with E-state index in [0.29, 0.717) is 0 Å². The zero-order valence-corrected chi connectivity index (χ0v) is 42.1. The van der Waals surface area contributed by atoms with Crippen molar-refractivity contribution in [2.24, 2.45) is 11.8 Å². The van der Waals surface area contributed by atoms with Gasteiger partial charge in [0, 0.05) is 0 Å². The summed E-state index contributed by atoms with van der Waals surface area (Å²) in [6.07, 6.45) is 47.8. The molecule has 0 aliphatic heterocycles. The topological polar surface area (TPSA) is 133 Å². The summed E-state index contributed by atoms with van der Waals surface area (Å²) in [7, 11) is -9.12. The van der Waals surface area contributed by atoms with Crippen LogP contribution in [0, 0.1) is 11.8 Å². The molecule has 0 heterocycles. The second kappa shape index (κ2) is 48.0. The Morgan fingerprint density at radius 3 is 0.649 bits per heavy atom. The molecular weight excluding hydrogens is 785 g/mol. The van der Waals surface area contributed by atoms with Crippen LogP contribution in [0.2, 0.25) is 0 Å². The molecule has 340 valence electrons. The molecule has 0 saturated heterocycles. The molecule has 0 radical (unpaired) electrons. The Balaban J connectivity index is -0.00000101. The van der Waals surface area contributed by atoms with Gasteiger partial charge in [0.05, 0.1) is 13.2 Å². The maximum Gasteiger partial charge on any atom is 2.00 e. The van der Waals surface area contributed by atoms with Gasteiger partial charge in [-0.1, -0.05) is 246 Å². The van der Waals surface area contributed by atoms with Gasteiger partial charge in [-0.3, -0.25) is 8.37 Å². The molecule has 57 heavy (non-hydrogen) atoms. The Kier molecular flexibility index (Phi) is 52.5. The van der Waals surface area contributed by atoms with Crippen molar-refractivity contribution in [3.05, 3.63) is 0 Å². The first kappa shape index (κ1) is 62.3. The molecule has 0 aliphatic rings. The number of hydrogen-bond donors (Lipinski definition) is 0. The van der Waals surface area contributed by atoms with Crippen LogP contribution in [-0.2, 0) is 29.2 Å². The molecule has 0 N–H and O–H groups in total. The van der Waals surface area contributed by atoms with Crippen molar-refractivity contribution in [3.8, 4) is 0 Å². The minimum absolute atomic E-state index is 0. The minimum atomic E-state index is -4.56. The first-order chi connectivity index (χ1) is 27.0. The van der Waals surface area contributed by atoms with Crippen molar-refractivity contribution < 1.29 is 34.3 Å². The maximum atomic E-state index is 10.7. The molecule has 0 aromatic carbocycles. The van der Waals surface area contributed by atoms with Crippen molar-refractivity contribution in [2.75, 3.05) is 13.2 Å². The molecule has 0 rings (SSSR count). The number of unbranched alkanes of at least 4 members (excludes halogenated alkanes) is 30. The fourth-order valence-electron chi connectivity index (χ4n) is 7.60. The molecule has 8 nitrogen and oxygen atoms in total. The number of hydrogen-bond acceptors (Lipinski definition) is 8. The monoisotopic (exact) mass is 879 g/mol. The average molecular weight is 879 g/mol.